The summed E-state index contributed by atoms with van der Waals surface area (Å²) in [5, 5.41) is 24.2. The molecule has 2 atom stereocenters. The summed E-state index contributed by atoms with van der Waals surface area (Å²) in [6.45, 7) is 5.77. The highest BCUT2D eigenvalue weighted by Gasteiger charge is 2.54. The normalized spacial score (nSPS) is 18.3. The number of amides is 3. The molecule has 1 aromatic heterocycles. The van der Waals surface area contributed by atoms with Crippen LogP contribution in [-0.4, -0.2) is 74.8 Å². The van der Waals surface area contributed by atoms with E-state index in [0.717, 1.165) is 4.70 Å². The van der Waals surface area contributed by atoms with Gasteiger partial charge in [0.1, 0.15) is 41.1 Å². The summed E-state index contributed by atoms with van der Waals surface area (Å²) in [4.78, 5) is 54.5. The van der Waals surface area contributed by atoms with Crippen LogP contribution in [0.15, 0.2) is 29.5 Å². The number of hydrogen-bond donors (Lipinski definition) is 3. The highest BCUT2D eigenvalue weighted by Crippen LogP contribution is 2.40. The molecule has 4 rings (SSSR count). The number of β-lactam (4-membered cyclic amide) rings is 1. The molecule has 1 aromatic carbocycles. The van der Waals surface area contributed by atoms with E-state index < -0.39 is 35.0 Å². The molecule has 2 unspecified atom stereocenters. The molecule has 2 aliphatic rings. The molecule has 1 fully saturated rings. The standard InChI is InChI=1S/C27H31N5O7S2/c1-27(2,3)39-26(37)29-10-6-4-5-7-19(33)31-21-23(34)32-22(25(35)36)15(14-40-24(21)32)13-38-16-8-9-17-18(11-16)41-20(12-28)30-17/h8-9,11,21,24H,4-7,10,13-14H2,1-3H3,(H,29,37)(H,31,33)(H,35,36). The van der Waals surface area contributed by atoms with Gasteiger partial charge >= 0.3 is 12.1 Å². The van der Waals surface area contributed by atoms with E-state index in [1.807, 2.05) is 6.07 Å². The molecule has 3 amide bonds. The van der Waals surface area contributed by atoms with E-state index in [-0.39, 0.29) is 24.6 Å². The Balaban J connectivity index is 1.25. The summed E-state index contributed by atoms with van der Waals surface area (Å²) in [6.07, 6.45) is 1.70. The lowest BCUT2D eigenvalue weighted by atomic mass is 10.0. The smallest absolute Gasteiger partial charge is 0.407 e. The molecule has 41 heavy (non-hydrogen) atoms. The second-order valence-corrected chi connectivity index (χ2v) is 12.6. The number of nitrogens with zero attached hydrogens (tertiary/aromatic N) is 3. The second kappa shape index (κ2) is 12.8. The zero-order chi connectivity index (χ0) is 29.7. The van der Waals surface area contributed by atoms with Gasteiger partial charge in [0, 0.05) is 24.3 Å². The lowest BCUT2D eigenvalue weighted by molar-refractivity contribution is -0.150. The summed E-state index contributed by atoms with van der Waals surface area (Å²) in [5.41, 5.74) is 0.452. The van der Waals surface area contributed by atoms with Gasteiger partial charge in [-0.25, -0.2) is 14.6 Å². The molecular weight excluding hydrogens is 570 g/mol. The number of nitriles is 1. The first-order valence-electron chi connectivity index (χ1n) is 13.1. The van der Waals surface area contributed by atoms with Crippen LogP contribution >= 0.6 is 23.1 Å². The number of aliphatic carboxylic acids is 1. The number of carboxylic acids is 1. The van der Waals surface area contributed by atoms with Crippen molar-refractivity contribution in [1.29, 1.82) is 5.26 Å². The zero-order valence-electron chi connectivity index (χ0n) is 22.9. The molecule has 0 bridgehead atoms. The van der Waals surface area contributed by atoms with E-state index in [4.69, 9.17) is 14.7 Å². The van der Waals surface area contributed by atoms with Crippen LogP contribution in [0.5, 0.6) is 5.75 Å². The van der Waals surface area contributed by atoms with E-state index in [1.165, 1.54) is 28.0 Å². The minimum atomic E-state index is -1.23. The number of carbonyl (C=O) groups excluding carboxylic acids is 3. The fourth-order valence-electron chi connectivity index (χ4n) is 4.34. The molecule has 12 nitrogen and oxygen atoms in total. The van der Waals surface area contributed by atoms with E-state index >= 15 is 0 Å². The number of ether oxygens (including phenoxy) is 2. The molecule has 0 spiro atoms. The predicted molar refractivity (Wildman–Crippen MR) is 152 cm³/mol. The van der Waals surface area contributed by atoms with Crippen LogP contribution in [0, 0.1) is 11.3 Å². The van der Waals surface area contributed by atoms with Crippen LogP contribution in [0.25, 0.3) is 10.2 Å². The quantitative estimate of drug-likeness (QED) is 0.256. The lowest BCUT2D eigenvalue weighted by Crippen LogP contribution is -2.70. The minimum absolute atomic E-state index is 0.0274. The monoisotopic (exact) mass is 601 g/mol. The van der Waals surface area contributed by atoms with Gasteiger partial charge in [-0.15, -0.1) is 23.1 Å². The Morgan fingerprint density at radius 2 is 2.02 bits per heavy atom. The number of aromatic nitrogens is 1. The van der Waals surface area contributed by atoms with Gasteiger partial charge in [-0.2, -0.15) is 5.26 Å². The third-order valence-corrected chi connectivity index (χ3v) is 8.45. The zero-order valence-corrected chi connectivity index (χ0v) is 24.5. The molecule has 218 valence electrons. The molecule has 2 aromatic rings. The summed E-state index contributed by atoms with van der Waals surface area (Å²) in [6, 6.07) is 6.39. The highest BCUT2D eigenvalue weighted by atomic mass is 32.2. The van der Waals surface area contributed by atoms with Crippen molar-refractivity contribution in [2.75, 3.05) is 18.9 Å². The van der Waals surface area contributed by atoms with Gasteiger partial charge in [0.25, 0.3) is 5.91 Å². The minimum Gasteiger partial charge on any atom is -0.489 e. The van der Waals surface area contributed by atoms with Crippen molar-refractivity contribution in [2.24, 2.45) is 0 Å². The Labute approximate surface area is 245 Å². The van der Waals surface area contributed by atoms with Gasteiger partial charge in [0.15, 0.2) is 5.01 Å². The molecule has 14 heteroatoms. The molecule has 3 heterocycles. The van der Waals surface area contributed by atoms with Crippen molar-refractivity contribution in [3.63, 3.8) is 0 Å². The van der Waals surface area contributed by atoms with Crippen molar-refractivity contribution >= 4 is 57.2 Å². The molecule has 0 radical (unpaired) electrons. The van der Waals surface area contributed by atoms with Crippen LogP contribution in [0.4, 0.5) is 4.79 Å². The summed E-state index contributed by atoms with van der Waals surface area (Å²) in [5.74, 6) is -1.16. The molecule has 1 saturated heterocycles. The highest BCUT2D eigenvalue weighted by molar-refractivity contribution is 8.00. The van der Waals surface area contributed by atoms with Crippen molar-refractivity contribution in [3.05, 3.63) is 34.5 Å². The number of carbonyl (C=O) groups is 4. The SMILES string of the molecule is CC(C)(C)OC(=O)NCCCCCC(=O)NC1C(=O)N2C(C(=O)O)=C(COc3ccc4nc(C#N)sc4c3)CSC12. The van der Waals surface area contributed by atoms with E-state index in [0.29, 0.717) is 53.4 Å². The van der Waals surface area contributed by atoms with E-state index in [9.17, 15) is 24.3 Å². The fraction of sp³-hybridized carbons (Fsp3) is 0.481. The number of hydrogen-bond acceptors (Lipinski definition) is 10. The van der Waals surface area contributed by atoms with Crippen LogP contribution in [0.1, 0.15) is 51.5 Å². The molecular formula is C27H31N5O7S2. The number of rotatable bonds is 11. The largest absolute Gasteiger partial charge is 0.489 e. The molecule has 0 saturated carbocycles. The number of nitrogens with one attached hydrogen (secondary N) is 2. The molecule has 0 aliphatic carbocycles. The van der Waals surface area contributed by atoms with Gasteiger partial charge in [0.05, 0.1) is 10.2 Å². The Morgan fingerprint density at radius 1 is 1.24 bits per heavy atom. The van der Waals surface area contributed by atoms with Gasteiger partial charge < -0.3 is 25.2 Å². The van der Waals surface area contributed by atoms with Crippen molar-refractivity contribution in [3.8, 4) is 11.8 Å². The van der Waals surface area contributed by atoms with Crippen molar-refractivity contribution in [2.45, 2.75) is 63.5 Å². The Kier molecular flexibility index (Phi) is 9.39. The predicted octanol–water partition coefficient (Wildman–Crippen LogP) is 3.37. The first kappa shape index (κ1) is 30.1. The van der Waals surface area contributed by atoms with Crippen molar-refractivity contribution in [1.82, 2.24) is 20.5 Å². The third kappa shape index (κ3) is 7.47. The van der Waals surface area contributed by atoms with Crippen LogP contribution in [0.2, 0.25) is 0 Å². The van der Waals surface area contributed by atoms with Crippen LogP contribution in [0.3, 0.4) is 0 Å². The topological polar surface area (TPSA) is 171 Å². The number of thiazole rings is 1. The number of unbranched alkanes of at least 4 members (excludes halogenated alkanes) is 2. The maximum atomic E-state index is 12.9. The summed E-state index contributed by atoms with van der Waals surface area (Å²) in [7, 11) is 0. The Bertz CT molecular complexity index is 1430. The van der Waals surface area contributed by atoms with Gasteiger partial charge in [-0.05, 0) is 51.8 Å². The maximum Gasteiger partial charge on any atom is 0.407 e. The Morgan fingerprint density at radius 3 is 2.73 bits per heavy atom. The van der Waals surface area contributed by atoms with E-state index in [1.54, 1.807) is 39.0 Å². The number of thioether (sulfide) groups is 1. The average Bonchev–Trinajstić information content (AvgIpc) is 3.33. The number of fused-ring (bicyclic) bond motifs is 2. The maximum absolute atomic E-state index is 12.9. The number of alkyl carbamates (subject to hydrolysis) is 1. The van der Waals surface area contributed by atoms with Gasteiger partial charge in [0.2, 0.25) is 5.91 Å². The van der Waals surface area contributed by atoms with Gasteiger partial charge in [-0.1, -0.05) is 6.42 Å². The molecule has 3 N–H and O–H groups in total. The first-order valence-corrected chi connectivity index (χ1v) is 14.9. The van der Waals surface area contributed by atoms with Gasteiger partial charge in [-0.3, -0.25) is 14.5 Å². The van der Waals surface area contributed by atoms with Crippen molar-refractivity contribution < 1.29 is 33.8 Å². The average molecular weight is 602 g/mol. The van der Waals surface area contributed by atoms with Crippen LogP contribution in [-0.2, 0) is 19.1 Å². The third-order valence-electron chi connectivity index (χ3n) is 6.18. The Hall–Kier alpha value is -3.83. The second-order valence-electron chi connectivity index (χ2n) is 10.5. The number of carboxylic acid groups (broad SMARTS) is 1. The van der Waals surface area contributed by atoms with E-state index in [2.05, 4.69) is 15.6 Å². The summed E-state index contributed by atoms with van der Waals surface area (Å²) < 4.78 is 11.8. The van der Waals surface area contributed by atoms with Crippen LogP contribution < -0.4 is 15.4 Å². The summed E-state index contributed by atoms with van der Waals surface area (Å²) >= 11 is 2.61. The lowest BCUT2D eigenvalue weighted by Gasteiger charge is -2.49. The molecule has 2 aliphatic heterocycles. The fourth-order valence-corrected chi connectivity index (χ4v) is 6.46. The first-order chi connectivity index (χ1) is 19.5. The number of benzene rings is 1.